The molecule has 0 radical (unpaired) electrons. The average molecular weight is 795 g/mol. The second kappa shape index (κ2) is 13.9. The summed E-state index contributed by atoms with van der Waals surface area (Å²) in [5.74, 6) is 0.628. The zero-order valence-corrected chi connectivity index (χ0v) is 34.8. The molecule has 0 spiro atoms. The SMILES string of the molecule is CC(C)(C)c1ccc(-n2c3ccccc3c3ccc4c(c5ccc6ccccc6c5n4-c4nc(-c5cccc(-c6ccccc6)c5)cc(-c5ccc6ccccc6c5)n4)c32)cc1. The van der Waals surface area contributed by atoms with Crippen molar-refractivity contribution in [1.29, 1.82) is 0 Å². The third-order valence-corrected chi connectivity index (χ3v) is 12.7. The number of fused-ring (bicyclic) bond motifs is 10. The van der Waals surface area contributed by atoms with Gasteiger partial charge in [-0.2, -0.15) is 0 Å². The molecule has 0 aliphatic heterocycles. The lowest BCUT2D eigenvalue weighted by atomic mass is 9.87. The van der Waals surface area contributed by atoms with E-state index >= 15 is 0 Å². The molecular formula is C58H42N4. The zero-order chi connectivity index (χ0) is 41.5. The molecule has 0 saturated heterocycles. The average Bonchev–Trinajstić information content (AvgIpc) is 3.85. The van der Waals surface area contributed by atoms with Crippen molar-refractivity contribution >= 4 is 65.2 Å². The highest BCUT2D eigenvalue weighted by atomic mass is 15.2. The Morgan fingerprint density at radius 3 is 1.79 bits per heavy atom. The summed E-state index contributed by atoms with van der Waals surface area (Å²) in [6.07, 6.45) is 0. The molecule has 62 heavy (non-hydrogen) atoms. The largest absolute Gasteiger partial charge is 0.309 e. The molecule has 0 bridgehead atoms. The Morgan fingerprint density at radius 2 is 1.00 bits per heavy atom. The Hall–Kier alpha value is -7.82. The van der Waals surface area contributed by atoms with E-state index in [1.165, 1.54) is 54.5 Å². The van der Waals surface area contributed by atoms with Gasteiger partial charge in [-0.05, 0) is 80.7 Å². The maximum absolute atomic E-state index is 5.56. The van der Waals surface area contributed by atoms with Crippen LogP contribution in [0.25, 0.3) is 110 Å². The second-order valence-electron chi connectivity index (χ2n) is 17.5. The molecule has 0 unspecified atom stereocenters. The van der Waals surface area contributed by atoms with Gasteiger partial charge < -0.3 is 4.57 Å². The Kier molecular flexibility index (Phi) is 8.07. The molecule has 0 atom stereocenters. The van der Waals surface area contributed by atoms with Crippen LogP contribution in [0.3, 0.4) is 0 Å². The van der Waals surface area contributed by atoms with Crippen molar-refractivity contribution in [2.24, 2.45) is 0 Å². The van der Waals surface area contributed by atoms with Crippen LogP contribution in [-0.2, 0) is 5.41 Å². The van der Waals surface area contributed by atoms with Gasteiger partial charge in [0.2, 0.25) is 5.95 Å². The third kappa shape index (κ3) is 5.75. The van der Waals surface area contributed by atoms with Gasteiger partial charge >= 0.3 is 0 Å². The summed E-state index contributed by atoms with van der Waals surface area (Å²) in [5, 5.41) is 9.46. The highest BCUT2D eigenvalue weighted by molar-refractivity contribution is 6.29. The molecule has 0 N–H and O–H groups in total. The topological polar surface area (TPSA) is 35.6 Å². The normalized spacial score (nSPS) is 12.1. The van der Waals surface area contributed by atoms with Crippen LogP contribution in [0.4, 0.5) is 0 Å². The van der Waals surface area contributed by atoms with Crippen LogP contribution in [0.15, 0.2) is 200 Å². The molecule has 4 heteroatoms. The first-order valence-corrected chi connectivity index (χ1v) is 21.4. The van der Waals surface area contributed by atoms with E-state index in [0.29, 0.717) is 5.95 Å². The van der Waals surface area contributed by atoms with Gasteiger partial charge in [-0.3, -0.25) is 4.57 Å². The fourth-order valence-electron chi connectivity index (χ4n) is 9.57. The molecule has 0 aliphatic carbocycles. The summed E-state index contributed by atoms with van der Waals surface area (Å²) in [7, 11) is 0. The van der Waals surface area contributed by atoms with Crippen LogP contribution in [0, 0.1) is 0 Å². The molecule has 9 aromatic carbocycles. The van der Waals surface area contributed by atoms with E-state index in [9.17, 15) is 0 Å². The van der Waals surface area contributed by atoms with Crippen LogP contribution in [-0.4, -0.2) is 19.1 Å². The van der Waals surface area contributed by atoms with Crippen LogP contribution in [0.2, 0.25) is 0 Å². The van der Waals surface area contributed by atoms with Gasteiger partial charge in [-0.1, -0.05) is 178 Å². The number of hydrogen-bond donors (Lipinski definition) is 0. The highest BCUT2D eigenvalue weighted by Crippen LogP contribution is 2.44. The zero-order valence-electron chi connectivity index (χ0n) is 34.8. The molecule has 12 aromatic rings. The lowest BCUT2D eigenvalue weighted by Crippen LogP contribution is -2.10. The Labute approximate surface area is 360 Å². The van der Waals surface area contributed by atoms with E-state index in [-0.39, 0.29) is 5.41 Å². The minimum Gasteiger partial charge on any atom is -0.309 e. The molecule has 3 heterocycles. The number of aromatic nitrogens is 4. The predicted molar refractivity (Wildman–Crippen MR) is 261 cm³/mol. The number of rotatable bonds is 5. The third-order valence-electron chi connectivity index (χ3n) is 12.7. The first kappa shape index (κ1) is 36.1. The summed E-state index contributed by atoms with van der Waals surface area (Å²) >= 11 is 0. The van der Waals surface area contributed by atoms with Gasteiger partial charge in [-0.25, -0.2) is 9.97 Å². The van der Waals surface area contributed by atoms with Gasteiger partial charge in [0.25, 0.3) is 0 Å². The fourth-order valence-corrected chi connectivity index (χ4v) is 9.57. The van der Waals surface area contributed by atoms with Gasteiger partial charge in [0.05, 0.1) is 33.5 Å². The second-order valence-corrected chi connectivity index (χ2v) is 17.5. The van der Waals surface area contributed by atoms with E-state index in [1.807, 2.05) is 0 Å². The van der Waals surface area contributed by atoms with Gasteiger partial charge in [-0.15, -0.1) is 0 Å². The number of benzene rings is 9. The molecular weight excluding hydrogens is 753 g/mol. The molecule has 3 aromatic heterocycles. The van der Waals surface area contributed by atoms with Gasteiger partial charge in [0, 0.05) is 43.7 Å². The standard InChI is InChI=1S/C58H42N4/c1-58(2,3)44-27-29-45(30-28-44)61-52-23-12-11-22-47(52)48-32-33-53-54(56(48)61)49-31-26-39-17-9-10-21-46(39)55(49)62(53)57-59-50(42-20-13-19-41(34-42)37-14-5-4-6-15-37)36-51(60-57)43-25-24-38-16-7-8-18-40(38)35-43/h4-36H,1-3H3. The molecule has 0 amide bonds. The van der Waals surface area contributed by atoms with Crippen molar-refractivity contribution < 1.29 is 0 Å². The molecule has 4 nitrogen and oxygen atoms in total. The van der Waals surface area contributed by atoms with E-state index in [2.05, 4.69) is 230 Å². The van der Waals surface area contributed by atoms with Gasteiger partial charge in [0.15, 0.2) is 0 Å². The van der Waals surface area contributed by atoms with Crippen molar-refractivity contribution in [2.75, 3.05) is 0 Å². The van der Waals surface area contributed by atoms with Crippen molar-refractivity contribution in [3.63, 3.8) is 0 Å². The first-order chi connectivity index (χ1) is 30.4. The fraction of sp³-hybridized carbons (Fsp3) is 0.0690. The Bertz CT molecular complexity index is 3720. The number of hydrogen-bond acceptors (Lipinski definition) is 2. The van der Waals surface area contributed by atoms with Crippen LogP contribution in [0.5, 0.6) is 0 Å². The highest BCUT2D eigenvalue weighted by Gasteiger charge is 2.24. The molecule has 0 aliphatic rings. The summed E-state index contributed by atoms with van der Waals surface area (Å²) < 4.78 is 4.79. The minimum atomic E-state index is 0.0458. The van der Waals surface area contributed by atoms with Crippen LogP contribution >= 0.6 is 0 Å². The number of para-hydroxylation sites is 1. The molecule has 12 rings (SSSR count). The Balaban J connectivity index is 1.20. The van der Waals surface area contributed by atoms with Gasteiger partial charge in [0.1, 0.15) is 0 Å². The lowest BCUT2D eigenvalue weighted by molar-refractivity contribution is 0.590. The van der Waals surface area contributed by atoms with E-state index < -0.39 is 0 Å². The van der Waals surface area contributed by atoms with Crippen LogP contribution < -0.4 is 0 Å². The summed E-state index contributed by atoms with van der Waals surface area (Å²) in [4.78, 5) is 11.1. The lowest BCUT2D eigenvalue weighted by Gasteiger charge is -2.19. The quantitative estimate of drug-likeness (QED) is 0.174. The Morgan fingerprint density at radius 1 is 0.371 bits per heavy atom. The van der Waals surface area contributed by atoms with E-state index in [4.69, 9.17) is 9.97 Å². The molecule has 294 valence electrons. The summed E-state index contributed by atoms with van der Waals surface area (Å²) in [6, 6.07) is 72.4. The summed E-state index contributed by atoms with van der Waals surface area (Å²) in [5.41, 5.74) is 13.1. The van der Waals surface area contributed by atoms with Crippen molar-refractivity contribution in [1.82, 2.24) is 19.1 Å². The van der Waals surface area contributed by atoms with Crippen LogP contribution in [0.1, 0.15) is 26.3 Å². The van der Waals surface area contributed by atoms with E-state index in [1.54, 1.807) is 0 Å². The minimum absolute atomic E-state index is 0.0458. The monoisotopic (exact) mass is 794 g/mol. The summed E-state index contributed by atoms with van der Waals surface area (Å²) in [6.45, 7) is 6.81. The first-order valence-electron chi connectivity index (χ1n) is 21.4. The van der Waals surface area contributed by atoms with Crippen molar-refractivity contribution in [3.05, 3.63) is 206 Å². The maximum Gasteiger partial charge on any atom is 0.235 e. The number of nitrogens with zero attached hydrogens (tertiary/aromatic N) is 4. The maximum atomic E-state index is 5.56. The van der Waals surface area contributed by atoms with E-state index in [0.717, 1.165) is 55.6 Å². The molecule has 0 fully saturated rings. The molecule has 0 saturated carbocycles. The van der Waals surface area contributed by atoms with Crippen molar-refractivity contribution in [2.45, 2.75) is 26.2 Å². The smallest absolute Gasteiger partial charge is 0.235 e. The predicted octanol–water partition coefficient (Wildman–Crippen LogP) is 15.3. The van der Waals surface area contributed by atoms with Crippen molar-refractivity contribution in [3.8, 4) is 45.3 Å².